The lowest BCUT2D eigenvalue weighted by Gasteiger charge is -2.37. The molecule has 1 aliphatic carbocycles. The highest BCUT2D eigenvalue weighted by atomic mass is 127. The Morgan fingerprint density at radius 3 is 2.53 bits per heavy atom. The molecule has 0 amide bonds. The topological polar surface area (TPSA) is 61.6 Å². The van der Waals surface area contributed by atoms with Crippen LogP contribution < -0.4 is 5.32 Å². The molecule has 3 heterocycles. The van der Waals surface area contributed by atoms with Crippen LogP contribution in [0.1, 0.15) is 42.2 Å². The van der Waals surface area contributed by atoms with E-state index in [4.69, 9.17) is 16.6 Å². The summed E-state index contributed by atoms with van der Waals surface area (Å²) in [7, 11) is 2.00. The van der Waals surface area contributed by atoms with Gasteiger partial charge in [0, 0.05) is 50.7 Å². The van der Waals surface area contributed by atoms with E-state index in [0.717, 1.165) is 54.7 Å². The van der Waals surface area contributed by atoms with E-state index >= 15 is 0 Å². The van der Waals surface area contributed by atoms with Crippen LogP contribution in [0.2, 0.25) is 4.34 Å². The van der Waals surface area contributed by atoms with Crippen LogP contribution in [0.15, 0.2) is 17.1 Å². The van der Waals surface area contributed by atoms with Crippen molar-refractivity contribution in [3.63, 3.8) is 0 Å². The third-order valence-electron chi connectivity index (χ3n) is 5.92. The van der Waals surface area contributed by atoms with Gasteiger partial charge in [-0.25, -0.2) is 4.99 Å². The lowest BCUT2D eigenvalue weighted by atomic mass is 10.2. The molecule has 1 aliphatic heterocycles. The fourth-order valence-corrected chi connectivity index (χ4v) is 5.13. The maximum absolute atomic E-state index is 6.08. The van der Waals surface area contributed by atoms with Crippen molar-refractivity contribution in [2.24, 2.45) is 12.0 Å². The van der Waals surface area contributed by atoms with Crippen molar-refractivity contribution in [1.29, 1.82) is 0 Å². The summed E-state index contributed by atoms with van der Waals surface area (Å²) in [5, 5.41) is 12.2. The quantitative estimate of drug-likeness (QED) is 0.342. The highest BCUT2D eigenvalue weighted by Gasteiger charge is 2.24. The van der Waals surface area contributed by atoms with E-state index in [9.17, 15) is 0 Å². The molecule has 10 heteroatoms. The largest absolute Gasteiger partial charge is 0.353 e. The third kappa shape index (κ3) is 6.08. The number of thiophene rings is 1. The summed E-state index contributed by atoms with van der Waals surface area (Å²) < 4.78 is 2.88. The molecule has 2 aliphatic rings. The zero-order chi connectivity index (χ0) is 20.2. The first-order valence-electron chi connectivity index (χ1n) is 10.5. The maximum Gasteiger partial charge on any atom is 0.194 e. The molecular weight excluding hydrogens is 533 g/mol. The van der Waals surface area contributed by atoms with Crippen LogP contribution in [0.3, 0.4) is 0 Å². The highest BCUT2D eigenvalue weighted by Crippen LogP contribution is 2.23. The Bertz CT molecular complexity index is 838. The van der Waals surface area contributed by atoms with Crippen LogP contribution in [-0.4, -0.2) is 62.7 Å². The van der Waals surface area contributed by atoms with Crippen LogP contribution in [-0.2, 0) is 20.1 Å². The second-order valence-electron chi connectivity index (χ2n) is 7.96. The molecule has 166 valence electrons. The molecule has 0 atom stereocenters. The molecule has 2 aromatic heterocycles. The minimum atomic E-state index is 0. The second kappa shape index (κ2) is 11.1. The van der Waals surface area contributed by atoms with Crippen molar-refractivity contribution < 1.29 is 0 Å². The van der Waals surface area contributed by atoms with Gasteiger partial charge < -0.3 is 14.8 Å². The summed E-state index contributed by atoms with van der Waals surface area (Å²) in [6.45, 7) is 7.53. The fourth-order valence-electron chi connectivity index (χ4n) is 4.00. The molecule has 0 unspecified atom stereocenters. The van der Waals surface area contributed by atoms with Crippen molar-refractivity contribution in [2.45, 2.75) is 51.7 Å². The van der Waals surface area contributed by atoms with E-state index < -0.39 is 0 Å². The first-order valence-corrected chi connectivity index (χ1v) is 11.7. The van der Waals surface area contributed by atoms with Gasteiger partial charge in [0.15, 0.2) is 11.8 Å². The van der Waals surface area contributed by atoms with Crippen molar-refractivity contribution in [2.75, 3.05) is 26.2 Å². The van der Waals surface area contributed by atoms with Crippen molar-refractivity contribution in [3.05, 3.63) is 33.0 Å². The van der Waals surface area contributed by atoms with Crippen LogP contribution >= 0.6 is 46.9 Å². The number of nitrogens with zero attached hydrogens (tertiary/aromatic N) is 6. The third-order valence-corrected chi connectivity index (χ3v) is 7.14. The first-order chi connectivity index (χ1) is 14.1. The SMILES string of the molecule is Cc1nnc(CN=C(NC2CCCC2)N2CCN(Cc3ccc(Cl)s3)CC2)n1C.I. The predicted molar refractivity (Wildman–Crippen MR) is 134 cm³/mol. The number of guanidine groups is 1. The summed E-state index contributed by atoms with van der Waals surface area (Å²) >= 11 is 7.76. The molecule has 4 rings (SSSR count). The zero-order valence-electron chi connectivity index (χ0n) is 17.7. The summed E-state index contributed by atoms with van der Waals surface area (Å²) in [5.74, 6) is 2.85. The van der Waals surface area contributed by atoms with Gasteiger partial charge in [-0.05, 0) is 31.9 Å². The first kappa shape index (κ1) is 23.7. The Hall–Kier alpha value is -0.910. The van der Waals surface area contributed by atoms with Crippen LogP contribution in [0.4, 0.5) is 0 Å². The molecule has 2 aromatic rings. The van der Waals surface area contributed by atoms with E-state index in [1.165, 1.54) is 30.6 Å². The summed E-state index contributed by atoms with van der Waals surface area (Å²) in [5.41, 5.74) is 0. The van der Waals surface area contributed by atoms with Crippen molar-refractivity contribution in [1.82, 2.24) is 29.9 Å². The Kier molecular flexibility index (Phi) is 8.79. The Labute approximate surface area is 204 Å². The van der Waals surface area contributed by atoms with Gasteiger partial charge in [-0.1, -0.05) is 24.4 Å². The number of aliphatic imine (C=N–C) groups is 1. The highest BCUT2D eigenvalue weighted by molar-refractivity contribution is 14.0. The number of halogens is 2. The molecule has 7 nitrogen and oxygen atoms in total. The number of hydrogen-bond donors (Lipinski definition) is 1. The lowest BCUT2D eigenvalue weighted by molar-refractivity contribution is 0.173. The predicted octanol–water partition coefficient (Wildman–Crippen LogP) is 3.66. The number of aryl methyl sites for hydroxylation is 1. The van der Waals surface area contributed by atoms with Gasteiger partial charge in [-0.2, -0.15) is 0 Å². The molecule has 2 fully saturated rings. The van der Waals surface area contributed by atoms with Gasteiger partial charge in [0.1, 0.15) is 12.4 Å². The number of aromatic nitrogens is 3. The van der Waals surface area contributed by atoms with E-state index in [0.29, 0.717) is 12.6 Å². The molecule has 0 bridgehead atoms. The van der Waals surface area contributed by atoms with Gasteiger partial charge in [0.05, 0.1) is 4.34 Å². The number of nitrogens with one attached hydrogen (secondary N) is 1. The van der Waals surface area contributed by atoms with Crippen molar-refractivity contribution >= 4 is 52.9 Å². The normalized spacial score (nSPS) is 18.6. The number of hydrogen-bond acceptors (Lipinski definition) is 5. The Morgan fingerprint density at radius 2 is 1.93 bits per heavy atom. The smallest absolute Gasteiger partial charge is 0.194 e. The Balaban J connectivity index is 0.00000256. The van der Waals surface area contributed by atoms with Crippen molar-refractivity contribution in [3.8, 4) is 0 Å². The average Bonchev–Trinajstić information content (AvgIpc) is 3.44. The van der Waals surface area contributed by atoms with E-state index in [2.05, 4.69) is 31.4 Å². The van der Waals surface area contributed by atoms with Gasteiger partial charge in [0.2, 0.25) is 0 Å². The summed E-state index contributed by atoms with van der Waals surface area (Å²) in [6.07, 6.45) is 5.09. The van der Waals surface area contributed by atoms with Crippen LogP contribution in [0, 0.1) is 6.92 Å². The minimum Gasteiger partial charge on any atom is -0.353 e. The zero-order valence-corrected chi connectivity index (χ0v) is 21.6. The molecule has 1 saturated heterocycles. The number of rotatable bonds is 5. The van der Waals surface area contributed by atoms with Gasteiger partial charge in [0.25, 0.3) is 0 Å². The standard InChI is InChI=1S/C20H30ClN7S.HI/c1-15-24-25-19(26(15)2)13-22-20(23-16-5-3-4-6-16)28-11-9-27(10-12-28)14-17-7-8-18(21)29-17;/h7-8,16H,3-6,9-14H2,1-2H3,(H,22,23);1H. The van der Waals surface area contributed by atoms with Gasteiger partial charge in [-0.15, -0.1) is 45.5 Å². The Morgan fingerprint density at radius 1 is 1.20 bits per heavy atom. The second-order valence-corrected chi connectivity index (χ2v) is 9.76. The molecule has 0 spiro atoms. The van der Waals surface area contributed by atoms with E-state index in [1.807, 2.05) is 24.6 Å². The molecule has 1 saturated carbocycles. The average molecular weight is 564 g/mol. The van der Waals surface area contributed by atoms with Crippen LogP contribution in [0.25, 0.3) is 0 Å². The molecule has 1 N–H and O–H groups in total. The minimum absolute atomic E-state index is 0. The van der Waals surface area contributed by atoms with Gasteiger partial charge >= 0.3 is 0 Å². The van der Waals surface area contributed by atoms with E-state index in [-0.39, 0.29) is 24.0 Å². The van der Waals surface area contributed by atoms with Crippen LogP contribution in [0.5, 0.6) is 0 Å². The monoisotopic (exact) mass is 563 g/mol. The summed E-state index contributed by atoms with van der Waals surface area (Å²) in [6, 6.07) is 4.67. The molecule has 0 radical (unpaired) electrons. The molecular formula is C20H31ClIN7S. The number of piperazine rings is 1. The fraction of sp³-hybridized carbons (Fsp3) is 0.650. The van der Waals surface area contributed by atoms with Gasteiger partial charge in [-0.3, -0.25) is 4.90 Å². The maximum atomic E-state index is 6.08. The summed E-state index contributed by atoms with van der Waals surface area (Å²) in [4.78, 5) is 11.2. The van der Waals surface area contributed by atoms with E-state index in [1.54, 1.807) is 11.3 Å². The molecule has 0 aromatic carbocycles. The molecule has 30 heavy (non-hydrogen) atoms. The lowest BCUT2D eigenvalue weighted by Crippen LogP contribution is -2.53.